The molecule has 0 amide bonds. The van der Waals surface area contributed by atoms with Crippen molar-refractivity contribution in [3.8, 4) is 16.9 Å². The third-order valence-electron chi connectivity index (χ3n) is 4.05. The van der Waals surface area contributed by atoms with E-state index in [-0.39, 0.29) is 11.1 Å². The molecule has 26 heavy (non-hydrogen) atoms. The van der Waals surface area contributed by atoms with Gasteiger partial charge in [0.05, 0.1) is 7.11 Å². The standard InChI is InChI=1S/C18H14N2O6/c1-26-11-7-6-10(8-4-2-3-5-9(8)11)12-13(17(22)23)15(19)20-16(21)14(12)18(24)25/h2-7H,1H3,(H,22,23)(H,24,25)(H3,19,20,21). The quantitative estimate of drug-likeness (QED) is 0.562. The lowest BCUT2D eigenvalue weighted by Gasteiger charge is -2.15. The number of rotatable bonds is 4. The van der Waals surface area contributed by atoms with E-state index in [0.717, 1.165) is 0 Å². The van der Waals surface area contributed by atoms with E-state index in [1.54, 1.807) is 30.3 Å². The highest BCUT2D eigenvalue weighted by Crippen LogP contribution is 2.37. The molecule has 0 bridgehead atoms. The molecule has 0 unspecified atom stereocenters. The zero-order valence-corrected chi connectivity index (χ0v) is 13.6. The van der Waals surface area contributed by atoms with Gasteiger partial charge in [0.1, 0.15) is 22.7 Å². The maximum atomic E-state index is 12.2. The van der Waals surface area contributed by atoms with Gasteiger partial charge < -0.3 is 25.7 Å². The van der Waals surface area contributed by atoms with Crippen molar-refractivity contribution in [2.45, 2.75) is 0 Å². The molecule has 0 aliphatic rings. The summed E-state index contributed by atoms with van der Waals surface area (Å²) in [6.07, 6.45) is 0. The Hall–Kier alpha value is -3.81. The van der Waals surface area contributed by atoms with Crippen molar-refractivity contribution in [3.05, 3.63) is 57.9 Å². The Morgan fingerprint density at radius 2 is 1.62 bits per heavy atom. The predicted molar refractivity (Wildman–Crippen MR) is 94.9 cm³/mol. The van der Waals surface area contributed by atoms with Crippen LogP contribution in [0, 0.1) is 0 Å². The van der Waals surface area contributed by atoms with Crippen molar-refractivity contribution in [1.29, 1.82) is 0 Å². The highest BCUT2D eigenvalue weighted by atomic mass is 16.5. The average Bonchev–Trinajstić information content (AvgIpc) is 2.59. The summed E-state index contributed by atoms with van der Waals surface area (Å²) in [6, 6.07) is 9.98. The maximum Gasteiger partial charge on any atom is 0.342 e. The number of ether oxygens (including phenoxy) is 1. The van der Waals surface area contributed by atoms with Gasteiger partial charge in [0.2, 0.25) is 0 Å². The van der Waals surface area contributed by atoms with Crippen molar-refractivity contribution in [2.24, 2.45) is 0 Å². The van der Waals surface area contributed by atoms with Gasteiger partial charge in [0, 0.05) is 10.9 Å². The van der Waals surface area contributed by atoms with E-state index in [2.05, 4.69) is 4.98 Å². The second kappa shape index (κ2) is 6.25. The predicted octanol–water partition coefficient (Wildman–Crippen LogP) is 2.18. The van der Waals surface area contributed by atoms with Gasteiger partial charge >= 0.3 is 11.9 Å². The van der Waals surface area contributed by atoms with E-state index in [9.17, 15) is 24.6 Å². The molecular formula is C18H14N2O6. The van der Waals surface area contributed by atoms with E-state index in [0.29, 0.717) is 16.5 Å². The molecule has 0 aliphatic carbocycles. The summed E-state index contributed by atoms with van der Waals surface area (Å²) in [5.41, 5.74) is 3.55. The molecule has 8 nitrogen and oxygen atoms in total. The molecule has 0 atom stereocenters. The third-order valence-corrected chi connectivity index (χ3v) is 4.05. The molecule has 3 rings (SSSR count). The Bertz CT molecular complexity index is 1120. The van der Waals surface area contributed by atoms with Crippen LogP contribution in [0.3, 0.4) is 0 Å². The largest absolute Gasteiger partial charge is 0.496 e. The smallest absolute Gasteiger partial charge is 0.342 e. The maximum absolute atomic E-state index is 12.2. The Morgan fingerprint density at radius 3 is 2.19 bits per heavy atom. The zero-order valence-electron chi connectivity index (χ0n) is 13.6. The molecular weight excluding hydrogens is 340 g/mol. The molecule has 0 saturated carbocycles. The van der Waals surface area contributed by atoms with Crippen molar-refractivity contribution in [1.82, 2.24) is 4.98 Å². The van der Waals surface area contributed by atoms with Crippen LogP contribution >= 0.6 is 0 Å². The molecule has 3 aromatic rings. The fourth-order valence-corrected chi connectivity index (χ4v) is 2.98. The molecule has 132 valence electrons. The number of hydrogen-bond acceptors (Lipinski definition) is 5. The lowest BCUT2D eigenvalue weighted by molar-refractivity contribution is 0.0695. The molecule has 0 aliphatic heterocycles. The van der Waals surface area contributed by atoms with E-state index < -0.39 is 34.4 Å². The van der Waals surface area contributed by atoms with E-state index >= 15 is 0 Å². The van der Waals surface area contributed by atoms with Crippen LogP contribution < -0.4 is 16.0 Å². The van der Waals surface area contributed by atoms with Crippen molar-refractivity contribution >= 4 is 28.5 Å². The first kappa shape index (κ1) is 17.0. The summed E-state index contributed by atoms with van der Waals surface area (Å²) < 4.78 is 5.30. The number of carboxylic acids is 2. The summed E-state index contributed by atoms with van der Waals surface area (Å²) in [5, 5.41) is 20.2. The number of nitrogens with one attached hydrogen (secondary N) is 1. The summed E-state index contributed by atoms with van der Waals surface area (Å²) in [5.74, 6) is -2.89. The van der Waals surface area contributed by atoms with E-state index in [4.69, 9.17) is 10.5 Å². The molecule has 0 spiro atoms. The van der Waals surface area contributed by atoms with Gasteiger partial charge in [-0.2, -0.15) is 0 Å². The number of pyridine rings is 1. The number of carboxylic acid groups (broad SMARTS) is 2. The number of hydrogen-bond donors (Lipinski definition) is 4. The number of nitrogens with two attached hydrogens (primary N) is 1. The number of methoxy groups -OCH3 is 1. The van der Waals surface area contributed by atoms with E-state index in [1.807, 2.05) is 0 Å². The molecule has 0 fully saturated rings. The monoisotopic (exact) mass is 354 g/mol. The first-order valence-corrected chi connectivity index (χ1v) is 7.45. The highest BCUT2D eigenvalue weighted by Gasteiger charge is 2.27. The number of H-pyrrole nitrogens is 1. The normalized spacial score (nSPS) is 10.7. The SMILES string of the molecule is COc1ccc(-c2c(C(=O)O)c(N)[nH]c(=O)c2C(=O)O)c2ccccc12. The fraction of sp³-hybridized carbons (Fsp3) is 0.0556. The Kier molecular flexibility index (Phi) is 4.09. The topological polar surface area (TPSA) is 143 Å². The minimum atomic E-state index is -1.55. The fourth-order valence-electron chi connectivity index (χ4n) is 2.98. The molecule has 2 aromatic carbocycles. The van der Waals surface area contributed by atoms with Crippen molar-refractivity contribution in [2.75, 3.05) is 12.8 Å². The van der Waals surface area contributed by atoms with Gasteiger partial charge in [-0.05, 0) is 23.1 Å². The number of fused-ring (bicyclic) bond motifs is 1. The Labute approximate surface area is 146 Å². The second-order valence-electron chi connectivity index (χ2n) is 5.46. The van der Waals surface area contributed by atoms with Crippen LogP contribution in [0.4, 0.5) is 5.82 Å². The first-order chi connectivity index (χ1) is 12.4. The number of nitrogen functional groups attached to an aromatic ring is 1. The number of aromatic amines is 1. The number of anilines is 1. The number of aromatic nitrogens is 1. The van der Waals surface area contributed by atoms with Gasteiger partial charge in [-0.15, -0.1) is 0 Å². The Balaban J connectivity index is 2.56. The first-order valence-electron chi connectivity index (χ1n) is 7.45. The van der Waals surface area contributed by atoms with Crippen LogP contribution in [0.25, 0.3) is 21.9 Å². The van der Waals surface area contributed by atoms with Crippen LogP contribution in [0.15, 0.2) is 41.2 Å². The average molecular weight is 354 g/mol. The lowest BCUT2D eigenvalue weighted by Crippen LogP contribution is -2.24. The minimum absolute atomic E-state index is 0.245. The molecule has 0 saturated heterocycles. The molecule has 8 heteroatoms. The van der Waals surface area contributed by atoms with Crippen LogP contribution in [0.2, 0.25) is 0 Å². The second-order valence-corrected chi connectivity index (χ2v) is 5.46. The van der Waals surface area contributed by atoms with E-state index in [1.165, 1.54) is 13.2 Å². The molecule has 5 N–H and O–H groups in total. The lowest BCUT2D eigenvalue weighted by atomic mass is 9.91. The summed E-state index contributed by atoms with van der Waals surface area (Å²) in [7, 11) is 1.48. The zero-order chi connectivity index (χ0) is 19.0. The van der Waals surface area contributed by atoms with Crippen LogP contribution in [0.5, 0.6) is 5.75 Å². The van der Waals surface area contributed by atoms with Gasteiger partial charge in [-0.1, -0.05) is 24.3 Å². The van der Waals surface area contributed by atoms with Gasteiger partial charge in [-0.3, -0.25) is 4.79 Å². The summed E-state index contributed by atoms with van der Waals surface area (Å²) in [6.45, 7) is 0. The van der Waals surface area contributed by atoms with Gasteiger partial charge in [0.25, 0.3) is 5.56 Å². The molecule has 1 aromatic heterocycles. The number of benzene rings is 2. The van der Waals surface area contributed by atoms with Crippen LogP contribution in [-0.4, -0.2) is 34.2 Å². The number of carbonyl (C=O) groups is 2. The van der Waals surface area contributed by atoms with Crippen LogP contribution in [0.1, 0.15) is 20.7 Å². The van der Waals surface area contributed by atoms with Gasteiger partial charge in [-0.25, -0.2) is 9.59 Å². The van der Waals surface area contributed by atoms with Crippen molar-refractivity contribution < 1.29 is 24.5 Å². The summed E-state index contributed by atoms with van der Waals surface area (Å²) in [4.78, 5) is 37.7. The van der Waals surface area contributed by atoms with Crippen LogP contribution in [-0.2, 0) is 0 Å². The number of aromatic carboxylic acids is 2. The summed E-state index contributed by atoms with van der Waals surface area (Å²) >= 11 is 0. The van der Waals surface area contributed by atoms with Gasteiger partial charge in [0.15, 0.2) is 0 Å². The molecule has 0 radical (unpaired) electrons. The van der Waals surface area contributed by atoms with Crippen molar-refractivity contribution in [3.63, 3.8) is 0 Å². The molecule has 1 heterocycles. The minimum Gasteiger partial charge on any atom is -0.496 e. The Morgan fingerprint density at radius 1 is 1.00 bits per heavy atom. The third kappa shape index (κ3) is 2.53. The highest BCUT2D eigenvalue weighted by molar-refractivity contribution is 6.12.